The Hall–Kier alpha value is -0.860. The van der Waals surface area contributed by atoms with Gasteiger partial charge < -0.3 is 5.11 Å². The molecule has 13 heteroatoms. The summed E-state index contributed by atoms with van der Waals surface area (Å²) in [5, 5.41) is 9.97. The van der Waals surface area contributed by atoms with E-state index in [1.807, 2.05) is 0 Å². The summed E-state index contributed by atoms with van der Waals surface area (Å²) in [5.41, 5.74) is -3.41. The average molecular weight is 530 g/mol. The van der Waals surface area contributed by atoms with Crippen LogP contribution in [-0.2, 0) is 5.60 Å². The van der Waals surface area contributed by atoms with Crippen LogP contribution in [0.5, 0.6) is 0 Å². The SMILES string of the molecule is CC(O)(CC(F)(F)C(F)(F)C(F)(F)C(F)(F)C(F)(F)F)c1cccc(I)c1. The molecule has 0 aliphatic carbocycles. The van der Waals surface area contributed by atoms with E-state index in [0.717, 1.165) is 12.1 Å². The second-order valence-electron chi connectivity index (χ2n) is 5.89. The lowest BCUT2D eigenvalue weighted by Crippen LogP contribution is -2.67. The van der Waals surface area contributed by atoms with Crippen LogP contribution in [0.1, 0.15) is 18.9 Å². The van der Waals surface area contributed by atoms with Gasteiger partial charge in [-0.2, -0.15) is 48.3 Å². The molecular formula is C14H10F11IO. The van der Waals surface area contributed by atoms with E-state index in [-0.39, 0.29) is 0 Å². The summed E-state index contributed by atoms with van der Waals surface area (Å²) in [6.45, 7) is 0.502. The maximum atomic E-state index is 13.8. The molecule has 0 spiro atoms. The number of hydrogen-bond donors (Lipinski definition) is 1. The maximum Gasteiger partial charge on any atom is 0.460 e. The Labute approximate surface area is 158 Å². The van der Waals surface area contributed by atoms with E-state index in [4.69, 9.17) is 0 Å². The molecule has 1 rings (SSSR count). The van der Waals surface area contributed by atoms with Crippen molar-refractivity contribution in [2.24, 2.45) is 0 Å². The molecule has 1 unspecified atom stereocenters. The van der Waals surface area contributed by atoms with Gasteiger partial charge in [-0.3, -0.25) is 0 Å². The molecule has 0 heterocycles. The van der Waals surface area contributed by atoms with Gasteiger partial charge in [0.1, 0.15) is 0 Å². The number of aliphatic hydroxyl groups is 1. The minimum absolute atomic E-state index is 0.314. The molecule has 1 aromatic rings. The van der Waals surface area contributed by atoms with Crippen LogP contribution in [0.2, 0.25) is 0 Å². The maximum absolute atomic E-state index is 13.8. The van der Waals surface area contributed by atoms with E-state index in [9.17, 15) is 53.4 Å². The van der Waals surface area contributed by atoms with Gasteiger partial charge in [0.05, 0.1) is 12.0 Å². The van der Waals surface area contributed by atoms with Crippen LogP contribution in [0.25, 0.3) is 0 Å². The molecular weight excluding hydrogens is 520 g/mol. The molecule has 27 heavy (non-hydrogen) atoms. The molecule has 1 aromatic carbocycles. The van der Waals surface area contributed by atoms with E-state index in [0.29, 0.717) is 10.5 Å². The van der Waals surface area contributed by atoms with Gasteiger partial charge >= 0.3 is 29.9 Å². The lowest BCUT2D eigenvalue weighted by atomic mass is 9.85. The monoisotopic (exact) mass is 530 g/mol. The van der Waals surface area contributed by atoms with Crippen molar-refractivity contribution in [2.45, 2.75) is 48.8 Å². The molecule has 0 aromatic heterocycles. The lowest BCUT2D eigenvalue weighted by Gasteiger charge is -2.39. The lowest BCUT2D eigenvalue weighted by molar-refractivity contribution is -0.424. The Morgan fingerprint density at radius 2 is 1.30 bits per heavy atom. The van der Waals surface area contributed by atoms with E-state index < -0.39 is 47.5 Å². The zero-order chi connectivity index (χ0) is 21.7. The van der Waals surface area contributed by atoms with Gasteiger partial charge in [-0.25, -0.2) is 0 Å². The van der Waals surface area contributed by atoms with Gasteiger partial charge in [0, 0.05) is 3.57 Å². The molecule has 0 aliphatic rings. The fourth-order valence-corrected chi connectivity index (χ4v) is 2.62. The second-order valence-corrected chi connectivity index (χ2v) is 7.13. The van der Waals surface area contributed by atoms with Crippen LogP contribution in [0, 0.1) is 3.57 Å². The molecule has 0 amide bonds. The molecule has 0 saturated carbocycles. The summed E-state index contributed by atoms with van der Waals surface area (Å²) in [7, 11) is 0. The highest BCUT2D eigenvalue weighted by Gasteiger charge is 2.87. The zero-order valence-corrected chi connectivity index (χ0v) is 15.2. The third-order valence-electron chi connectivity index (χ3n) is 3.62. The number of halogens is 12. The summed E-state index contributed by atoms with van der Waals surface area (Å²) >= 11 is 1.64. The van der Waals surface area contributed by atoms with Gasteiger partial charge in [-0.05, 0) is 47.2 Å². The van der Waals surface area contributed by atoms with Crippen LogP contribution in [-0.4, -0.2) is 35.0 Å². The number of hydrogen-bond acceptors (Lipinski definition) is 1. The Morgan fingerprint density at radius 3 is 1.70 bits per heavy atom. The quantitative estimate of drug-likeness (QED) is 0.354. The molecule has 0 fully saturated rings. The van der Waals surface area contributed by atoms with Crippen LogP contribution >= 0.6 is 22.6 Å². The fraction of sp³-hybridized carbons (Fsp3) is 0.571. The Bertz CT molecular complexity index is 682. The van der Waals surface area contributed by atoms with Crippen molar-refractivity contribution in [3.8, 4) is 0 Å². The predicted octanol–water partition coefficient (Wildman–Crippen LogP) is 5.99. The van der Waals surface area contributed by atoms with E-state index in [1.165, 1.54) is 12.1 Å². The van der Waals surface area contributed by atoms with Crippen molar-refractivity contribution in [1.82, 2.24) is 0 Å². The van der Waals surface area contributed by atoms with Crippen molar-refractivity contribution in [1.29, 1.82) is 0 Å². The molecule has 0 saturated heterocycles. The highest BCUT2D eigenvalue weighted by atomic mass is 127. The van der Waals surface area contributed by atoms with E-state index in [2.05, 4.69) is 0 Å². The first kappa shape index (κ1) is 24.2. The minimum Gasteiger partial charge on any atom is -0.385 e. The van der Waals surface area contributed by atoms with Crippen molar-refractivity contribution in [2.75, 3.05) is 0 Å². The number of benzene rings is 1. The third kappa shape index (κ3) is 4.12. The van der Waals surface area contributed by atoms with E-state index in [1.54, 1.807) is 22.6 Å². The first-order valence-corrected chi connectivity index (χ1v) is 7.85. The first-order valence-electron chi connectivity index (χ1n) is 6.77. The first-order chi connectivity index (χ1) is 11.7. The highest BCUT2D eigenvalue weighted by molar-refractivity contribution is 14.1. The molecule has 1 atom stereocenters. The van der Waals surface area contributed by atoms with Gasteiger partial charge in [0.2, 0.25) is 0 Å². The number of alkyl halides is 11. The van der Waals surface area contributed by atoms with Crippen LogP contribution in [0.15, 0.2) is 24.3 Å². The Morgan fingerprint density at radius 1 is 0.815 bits per heavy atom. The highest BCUT2D eigenvalue weighted by Crippen LogP contribution is 2.59. The average Bonchev–Trinajstić information content (AvgIpc) is 2.44. The Balaban J connectivity index is 3.35. The largest absolute Gasteiger partial charge is 0.460 e. The smallest absolute Gasteiger partial charge is 0.385 e. The molecule has 156 valence electrons. The standard InChI is InChI=1S/C14H10F11IO/c1-9(27,7-3-2-4-8(26)5-7)6-10(15,16)11(17,18)12(19,20)13(21,22)14(23,24)25/h2-5,27H,6H2,1H3. The normalized spacial score (nSPS) is 17.0. The van der Waals surface area contributed by atoms with Gasteiger partial charge in [-0.1, -0.05) is 12.1 Å². The van der Waals surface area contributed by atoms with Gasteiger partial charge in [-0.15, -0.1) is 0 Å². The summed E-state index contributed by atoms with van der Waals surface area (Å²) in [6, 6.07) is 4.55. The second kappa shape index (κ2) is 6.88. The summed E-state index contributed by atoms with van der Waals surface area (Å²) in [6.07, 6.45) is -9.76. The molecule has 0 radical (unpaired) electrons. The van der Waals surface area contributed by atoms with Crippen LogP contribution in [0.3, 0.4) is 0 Å². The summed E-state index contributed by atoms with van der Waals surface area (Å²) in [4.78, 5) is 0. The zero-order valence-electron chi connectivity index (χ0n) is 13.0. The van der Waals surface area contributed by atoms with Crippen molar-refractivity contribution < 1.29 is 53.4 Å². The topological polar surface area (TPSA) is 20.2 Å². The third-order valence-corrected chi connectivity index (χ3v) is 4.29. The van der Waals surface area contributed by atoms with Crippen LogP contribution < -0.4 is 0 Å². The van der Waals surface area contributed by atoms with Crippen LogP contribution in [0.4, 0.5) is 48.3 Å². The van der Waals surface area contributed by atoms with Crippen molar-refractivity contribution in [3.05, 3.63) is 33.4 Å². The minimum atomic E-state index is -7.48. The number of rotatable bonds is 6. The summed E-state index contributed by atoms with van der Waals surface area (Å²) < 4.78 is 143. The predicted molar refractivity (Wildman–Crippen MR) is 79.2 cm³/mol. The van der Waals surface area contributed by atoms with Crippen molar-refractivity contribution in [3.63, 3.8) is 0 Å². The summed E-state index contributed by atoms with van der Waals surface area (Å²) in [5.74, 6) is -28.2. The van der Waals surface area contributed by atoms with E-state index >= 15 is 0 Å². The fourth-order valence-electron chi connectivity index (χ4n) is 2.07. The molecule has 0 aliphatic heterocycles. The molecule has 0 bridgehead atoms. The Kier molecular flexibility index (Phi) is 6.16. The van der Waals surface area contributed by atoms with Crippen molar-refractivity contribution >= 4 is 22.6 Å². The molecule has 1 N–H and O–H groups in total. The molecule has 1 nitrogen and oxygen atoms in total. The van der Waals surface area contributed by atoms with Gasteiger partial charge in [0.15, 0.2) is 0 Å². The van der Waals surface area contributed by atoms with Gasteiger partial charge in [0.25, 0.3) is 0 Å².